The van der Waals surface area contributed by atoms with Crippen molar-refractivity contribution in [3.63, 3.8) is 0 Å². The molecule has 2 aliphatic heterocycles. The normalized spacial score (nSPS) is 28.1. The maximum Gasteiger partial charge on any atom is 0.123 e. The van der Waals surface area contributed by atoms with Crippen LogP contribution in [-0.4, -0.2) is 78.3 Å². The molecule has 0 bridgehead atoms. The highest BCUT2D eigenvalue weighted by Gasteiger charge is 2.34. The molecule has 1 atom stereocenters. The average molecular weight is 321 g/mol. The standard InChI is InChI=1S/C18H28FN3O/c1-20-7-3-6-18(23,14-20)15-22-10-8-21(9-11-22)13-16-4-2-5-17(19)12-16/h2,4-5,12,23H,3,6-11,13-15H2,1H3/t18-/m0/s1. The third-order valence-corrected chi connectivity index (χ3v) is 5.02. The van der Waals surface area contributed by atoms with Gasteiger partial charge in [-0.3, -0.25) is 9.80 Å². The van der Waals surface area contributed by atoms with E-state index < -0.39 is 5.60 Å². The van der Waals surface area contributed by atoms with Crippen LogP contribution in [0.2, 0.25) is 0 Å². The van der Waals surface area contributed by atoms with Crippen molar-refractivity contribution in [1.82, 2.24) is 14.7 Å². The number of rotatable bonds is 4. The number of benzene rings is 1. The molecule has 1 aromatic carbocycles. The van der Waals surface area contributed by atoms with Crippen LogP contribution < -0.4 is 0 Å². The van der Waals surface area contributed by atoms with Crippen molar-refractivity contribution in [1.29, 1.82) is 0 Å². The van der Waals surface area contributed by atoms with Crippen LogP contribution in [0.15, 0.2) is 24.3 Å². The zero-order valence-electron chi connectivity index (χ0n) is 14.0. The predicted molar refractivity (Wildman–Crippen MR) is 89.8 cm³/mol. The summed E-state index contributed by atoms with van der Waals surface area (Å²) < 4.78 is 13.3. The molecule has 1 N–H and O–H groups in total. The molecule has 0 amide bonds. The van der Waals surface area contributed by atoms with E-state index in [2.05, 4.69) is 21.7 Å². The summed E-state index contributed by atoms with van der Waals surface area (Å²) in [5.74, 6) is -0.162. The molecule has 23 heavy (non-hydrogen) atoms. The van der Waals surface area contributed by atoms with Gasteiger partial charge in [0.2, 0.25) is 0 Å². The SMILES string of the molecule is CN1CCC[C@@](O)(CN2CCN(Cc3cccc(F)c3)CC2)C1. The van der Waals surface area contributed by atoms with Gasteiger partial charge in [0.05, 0.1) is 5.60 Å². The Labute approximate surface area is 138 Å². The molecule has 0 saturated carbocycles. The number of hydrogen-bond donors (Lipinski definition) is 1. The van der Waals surface area contributed by atoms with Crippen molar-refractivity contribution in [3.8, 4) is 0 Å². The first-order valence-corrected chi connectivity index (χ1v) is 8.63. The number of aliphatic hydroxyl groups is 1. The summed E-state index contributed by atoms with van der Waals surface area (Å²) in [5, 5.41) is 10.8. The summed E-state index contributed by atoms with van der Waals surface area (Å²) in [6, 6.07) is 6.86. The fourth-order valence-corrected chi connectivity index (χ4v) is 3.88. The molecule has 0 spiro atoms. The Bertz CT molecular complexity index is 519. The molecular weight excluding hydrogens is 293 g/mol. The van der Waals surface area contributed by atoms with E-state index in [1.54, 1.807) is 12.1 Å². The molecular formula is C18H28FN3O. The number of hydrogen-bond acceptors (Lipinski definition) is 4. The molecule has 0 unspecified atom stereocenters. The van der Waals surface area contributed by atoms with Crippen molar-refractivity contribution in [2.45, 2.75) is 25.0 Å². The maximum atomic E-state index is 13.3. The largest absolute Gasteiger partial charge is 0.387 e. The molecule has 0 aromatic heterocycles. The Kier molecular flexibility index (Phi) is 5.31. The van der Waals surface area contributed by atoms with Crippen LogP contribution in [-0.2, 0) is 6.54 Å². The van der Waals surface area contributed by atoms with Gasteiger partial charge in [-0.05, 0) is 44.1 Å². The van der Waals surface area contributed by atoms with Gasteiger partial charge in [-0.25, -0.2) is 4.39 Å². The van der Waals surface area contributed by atoms with Gasteiger partial charge in [0.1, 0.15) is 5.82 Å². The number of β-amino-alcohol motifs (C(OH)–C–C–N with tert-alkyl or cyclic N) is 1. The summed E-state index contributed by atoms with van der Waals surface area (Å²) in [7, 11) is 2.08. The van der Waals surface area contributed by atoms with Gasteiger partial charge in [0, 0.05) is 45.8 Å². The topological polar surface area (TPSA) is 30.0 Å². The van der Waals surface area contributed by atoms with Gasteiger partial charge in [-0.1, -0.05) is 12.1 Å². The number of piperidine rings is 1. The summed E-state index contributed by atoms with van der Waals surface area (Å²) in [6.45, 7) is 7.33. The number of nitrogens with zero attached hydrogens (tertiary/aromatic N) is 3. The van der Waals surface area contributed by atoms with E-state index in [4.69, 9.17) is 0 Å². The minimum atomic E-state index is -0.558. The van der Waals surface area contributed by atoms with E-state index in [1.807, 2.05) is 6.07 Å². The molecule has 128 valence electrons. The Hall–Kier alpha value is -1.01. The molecule has 3 rings (SSSR count). The summed E-state index contributed by atoms with van der Waals surface area (Å²) in [6.07, 6.45) is 1.98. The molecule has 2 heterocycles. The van der Waals surface area contributed by atoms with Gasteiger partial charge in [-0.15, -0.1) is 0 Å². The summed E-state index contributed by atoms with van der Waals surface area (Å²) in [4.78, 5) is 6.97. The number of likely N-dealkylation sites (N-methyl/N-ethyl adjacent to an activating group) is 1. The average Bonchev–Trinajstić information content (AvgIpc) is 2.49. The summed E-state index contributed by atoms with van der Waals surface area (Å²) in [5.41, 5.74) is 0.476. The Balaban J connectivity index is 1.47. The highest BCUT2D eigenvalue weighted by molar-refractivity contribution is 5.16. The maximum absolute atomic E-state index is 13.3. The highest BCUT2D eigenvalue weighted by atomic mass is 19.1. The Morgan fingerprint density at radius 2 is 1.87 bits per heavy atom. The first-order chi connectivity index (χ1) is 11.0. The van der Waals surface area contributed by atoms with Gasteiger partial charge in [0.15, 0.2) is 0 Å². The van der Waals surface area contributed by atoms with E-state index >= 15 is 0 Å². The molecule has 5 heteroatoms. The van der Waals surface area contributed by atoms with Crippen molar-refractivity contribution in [3.05, 3.63) is 35.6 Å². The van der Waals surface area contributed by atoms with Crippen LogP contribution in [0, 0.1) is 5.82 Å². The molecule has 2 aliphatic rings. The van der Waals surface area contributed by atoms with Crippen molar-refractivity contribution >= 4 is 0 Å². The van der Waals surface area contributed by atoms with E-state index in [1.165, 1.54) is 6.07 Å². The zero-order valence-corrected chi connectivity index (χ0v) is 14.0. The van der Waals surface area contributed by atoms with Crippen LogP contribution >= 0.6 is 0 Å². The second-order valence-electron chi connectivity index (χ2n) is 7.25. The van der Waals surface area contributed by atoms with Crippen molar-refractivity contribution in [2.24, 2.45) is 0 Å². The lowest BCUT2D eigenvalue weighted by atomic mass is 9.92. The fraction of sp³-hybridized carbons (Fsp3) is 0.667. The minimum absolute atomic E-state index is 0.162. The van der Waals surface area contributed by atoms with Gasteiger partial charge >= 0.3 is 0 Å². The second kappa shape index (κ2) is 7.26. The van der Waals surface area contributed by atoms with E-state index in [0.717, 1.165) is 70.8 Å². The lowest BCUT2D eigenvalue weighted by molar-refractivity contribution is -0.0544. The van der Waals surface area contributed by atoms with Gasteiger partial charge in [-0.2, -0.15) is 0 Å². The molecule has 1 aromatic rings. The highest BCUT2D eigenvalue weighted by Crippen LogP contribution is 2.22. The molecule has 2 saturated heterocycles. The van der Waals surface area contributed by atoms with Crippen LogP contribution in [0.5, 0.6) is 0 Å². The minimum Gasteiger partial charge on any atom is -0.387 e. The van der Waals surface area contributed by atoms with E-state index in [9.17, 15) is 9.50 Å². The Morgan fingerprint density at radius 1 is 1.13 bits per heavy atom. The number of halogens is 1. The third-order valence-electron chi connectivity index (χ3n) is 5.02. The van der Waals surface area contributed by atoms with Gasteiger partial charge < -0.3 is 10.0 Å². The van der Waals surface area contributed by atoms with Crippen molar-refractivity contribution < 1.29 is 9.50 Å². The van der Waals surface area contributed by atoms with Crippen LogP contribution in [0.4, 0.5) is 4.39 Å². The second-order valence-corrected chi connectivity index (χ2v) is 7.25. The lowest BCUT2D eigenvalue weighted by Gasteiger charge is -2.43. The van der Waals surface area contributed by atoms with Crippen LogP contribution in [0.1, 0.15) is 18.4 Å². The Morgan fingerprint density at radius 3 is 2.57 bits per heavy atom. The molecule has 4 nitrogen and oxygen atoms in total. The van der Waals surface area contributed by atoms with E-state index in [-0.39, 0.29) is 5.82 Å². The van der Waals surface area contributed by atoms with E-state index in [0.29, 0.717) is 0 Å². The van der Waals surface area contributed by atoms with Crippen LogP contribution in [0.3, 0.4) is 0 Å². The zero-order chi connectivity index (χ0) is 16.3. The predicted octanol–water partition coefficient (Wildman–Crippen LogP) is 1.40. The molecule has 0 aliphatic carbocycles. The molecule has 2 fully saturated rings. The van der Waals surface area contributed by atoms with Crippen molar-refractivity contribution in [2.75, 3.05) is 52.9 Å². The van der Waals surface area contributed by atoms with Gasteiger partial charge in [0.25, 0.3) is 0 Å². The lowest BCUT2D eigenvalue weighted by Crippen LogP contribution is -2.56. The fourth-order valence-electron chi connectivity index (χ4n) is 3.88. The quantitative estimate of drug-likeness (QED) is 0.908. The van der Waals surface area contributed by atoms with Crippen LogP contribution in [0.25, 0.3) is 0 Å². The summed E-state index contributed by atoms with van der Waals surface area (Å²) >= 11 is 0. The smallest absolute Gasteiger partial charge is 0.123 e. The number of likely N-dealkylation sites (tertiary alicyclic amines) is 1. The monoisotopic (exact) mass is 321 g/mol. The first-order valence-electron chi connectivity index (χ1n) is 8.63. The first kappa shape index (κ1) is 16.8. The third kappa shape index (κ3) is 4.73. The number of piperazine rings is 1. The molecule has 0 radical (unpaired) electrons.